The summed E-state index contributed by atoms with van der Waals surface area (Å²) in [6, 6.07) is 26.1. The fourth-order valence-electron chi connectivity index (χ4n) is 4.16. The van der Waals surface area contributed by atoms with Crippen LogP contribution in [0, 0.1) is 0 Å². The van der Waals surface area contributed by atoms with Gasteiger partial charge in [0.1, 0.15) is 11.5 Å². The molecule has 36 heavy (non-hydrogen) atoms. The number of methoxy groups -OCH3 is 2. The van der Waals surface area contributed by atoms with Crippen LogP contribution < -0.4 is 4.74 Å². The van der Waals surface area contributed by atoms with E-state index in [-0.39, 0.29) is 18.0 Å². The minimum atomic E-state index is -0.515. The number of benzene rings is 3. The molecule has 7 heteroatoms. The highest BCUT2D eigenvalue weighted by atomic mass is 16.5. The summed E-state index contributed by atoms with van der Waals surface area (Å²) >= 11 is 0. The summed E-state index contributed by atoms with van der Waals surface area (Å²) < 4.78 is 12.1. The molecule has 0 fully saturated rings. The van der Waals surface area contributed by atoms with Crippen LogP contribution in [-0.4, -0.2) is 48.0 Å². The molecule has 1 aliphatic rings. The largest absolute Gasteiger partial charge is 0.497 e. The Balaban J connectivity index is 1.81. The molecule has 0 saturated carbocycles. The number of hydrogen-bond donors (Lipinski definition) is 0. The number of nitrogens with zero attached hydrogens (tertiary/aromatic N) is 3. The van der Waals surface area contributed by atoms with Crippen LogP contribution in [0.2, 0.25) is 0 Å². The summed E-state index contributed by atoms with van der Waals surface area (Å²) in [4.78, 5) is 30.9. The Labute approximate surface area is 208 Å². The summed E-state index contributed by atoms with van der Waals surface area (Å²) in [6.45, 7) is 0.00430. The predicted molar refractivity (Wildman–Crippen MR) is 138 cm³/mol. The highest BCUT2D eigenvalue weighted by Crippen LogP contribution is 2.34. The van der Waals surface area contributed by atoms with E-state index in [1.807, 2.05) is 60.7 Å². The first-order valence-electron chi connectivity index (χ1n) is 11.4. The molecule has 3 aromatic carbocycles. The zero-order chi connectivity index (χ0) is 25.1. The topological polar surface area (TPSA) is 82.8 Å². The summed E-state index contributed by atoms with van der Waals surface area (Å²) in [5.41, 5.74) is 4.37. The van der Waals surface area contributed by atoms with Crippen molar-refractivity contribution in [2.24, 2.45) is 4.99 Å². The van der Waals surface area contributed by atoms with Crippen molar-refractivity contribution < 1.29 is 19.1 Å². The van der Waals surface area contributed by atoms with Crippen molar-refractivity contribution in [3.05, 3.63) is 107 Å². The number of aliphatic imine (C=N–C) groups is 1. The van der Waals surface area contributed by atoms with Gasteiger partial charge >= 0.3 is 5.97 Å². The predicted octanol–water partition coefficient (Wildman–Crippen LogP) is 4.79. The van der Waals surface area contributed by atoms with E-state index in [0.29, 0.717) is 33.8 Å². The van der Waals surface area contributed by atoms with Crippen molar-refractivity contribution in [3.63, 3.8) is 0 Å². The number of hydrogen-bond acceptors (Lipinski definition) is 6. The average molecular weight is 478 g/mol. The van der Waals surface area contributed by atoms with Gasteiger partial charge in [0.2, 0.25) is 5.78 Å². The lowest BCUT2D eigenvalue weighted by Gasteiger charge is -2.12. The van der Waals surface area contributed by atoms with Gasteiger partial charge in [-0.25, -0.2) is 9.48 Å². The second-order valence-corrected chi connectivity index (χ2v) is 8.11. The molecule has 0 atom stereocenters. The maximum Gasteiger partial charge on any atom is 0.335 e. The third-order valence-corrected chi connectivity index (χ3v) is 5.93. The number of ketones is 1. The van der Waals surface area contributed by atoms with E-state index in [2.05, 4.69) is 4.99 Å². The van der Waals surface area contributed by atoms with E-state index in [1.165, 1.54) is 7.11 Å². The SMILES string of the molecule is COC(=O)C1=Cc2nn(-c3ccccc3)c(-c3ccc(OC)cc3)c2C(C(=O)c2ccccc2)=NC1. The van der Waals surface area contributed by atoms with Crippen molar-refractivity contribution in [1.82, 2.24) is 9.78 Å². The average Bonchev–Trinajstić information content (AvgIpc) is 3.21. The number of esters is 1. The highest BCUT2D eigenvalue weighted by molar-refractivity contribution is 6.53. The minimum Gasteiger partial charge on any atom is -0.497 e. The van der Waals surface area contributed by atoms with E-state index in [9.17, 15) is 9.59 Å². The van der Waals surface area contributed by atoms with Crippen LogP contribution in [0.25, 0.3) is 23.0 Å². The molecule has 1 aromatic heterocycles. The van der Waals surface area contributed by atoms with Crippen molar-refractivity contribution in [3.8, 4) is 22.7 Å². The van der Waals surface area contributed by atoms with Gasteiger partial charge in [-0.05, 0) is 42.5 Å². The molecule has 0 aliphatic carbocycles. The number of aromatic nitrogens is 2. The number of carbonyl (C=O) groups is 2. The maximum atomic E-state index is 13.8. The lowest BCUT2D eigenvalue weighted by atomic mass is 9.95. The summed E-state index contributed by atoms with van der Waals surface area (Å²) in [6.07, 6.45) is 1.66. The summed E-state index contributed by atoms with van der Waals surface area (Å²) in [5.74, 6) is -0.0603. The van der Waals surface area contributed by atoms with Gasteiger partial charge in [0.15, 0.2) is 0 Å². The number of fused-ring (bicyclic) bond motifs is 1. The van der Waals surface area contributed by atoms with E-state index in [0.717, 1.165) is 11.3 Å². The first-order chi connectivity index (χ1) is 17.6. The quantitative estimate of drug-likeness (QED) is 0.295. The number of ether oxygens (including phenoxy) is 2. The third-order valence-electron chi connectivity index (χ3n) is 5.93. The summed E-state index contributed by atoms with van der Waals surface area (Å²) in [5, 5.41) is 4.86. The van der Waals surface area contributed by atoms with Crippen molar-refractivity contribution in [2.75, 3.05) is 20.8 Å². The van der Waals surface area contributed by atoms with Gasteiger partial charge in [-0.15, -0.1) is 0 Å². The highest BCUT2D eigenvalue weighted by Gasteiger charge is 2.30. The molecule has 0 unspecified atom stereocenters. The molecule has 0 amide bonds. The molecule has 5 rings (SSSR count). The van der Waals surface area contributed by atoms with Gasteiger partial charge in [0.25, 0.3) is 0 Å². The molecule has 2 heterocycles. The van der Waals surface area contributed by atoms with Crippen molar-refractivity contribution in [2.45, 2.75) is 0 Å². The molecule has 0 spiro atoms. The molecule has 0 N–H and O–H groups in total. The molecule has 1 aliphatic heterocycles. The van der Waals surface area contributed by atoms with E-state index < -0.39 is 5.97 Å². The molecule has 7 nitrogen and oxygen atoms in total. The Morgan fingerprint density at radius 1 is 0.861 bits per heavy atom. The van der Waals surface area contributed by atoms with Gasteiger partial charge < -0.3 is 9.47 Å². The summed E-state index contributed by atoms with van der Waals surface area (Å²) in [7, 11) is 2.93. The molecule has 0 saturated heterocycles. The monoisotopic (exact) mass is 477 g/mol. The Morgan fingerprint density at radius 2 is 1.53 bits per heavy atom. The van der Waals surface area contributed by atoms with Crippen LogP contribution in [0.4, 0.5) is 0 Å². The van der Waals surface area contributed by atoms with Crippen LogP contribution in [-0.2, 0) is 9.53 Å². The maximum absolute atomic E-state index is 13.8. The molecular weight excluding hydrogens is 454 g/mol. The van der Waals surface area contributed by atoms with Crippen LogP contribution in [0.1, 0.15) is 21.6 Å². The second-order valence-electron chi connectivity index (χ2n) is 8.11. The van der Waals surface area contributed by atoms with E-state index in [4.69, 9.17) is 14.6 Å². The number of rotatable bonds is 6. The van der Waals surface area contributed by atoms with Gasteiger partial charge in [-0.3, -0.25) is 9.79 Å². The number of para-hydroxylation sites is 1. The zero-order valence-corrected chi connectivity index (χ0v) is 19.8. The third kappa shape index (κ3) is 4.22. The minimum absolute atomic E-state index is 0.00430. The van der Waals surface area contributed by atoms with Gasteiger partial charge in [-0.2, -0.15) is 5.10 Å². The Hall–Kier alpha value is -4.78. The number of Topliss-reactive ketones (excluding diaryl/α,β-unsaturated/α-hetero) is 1. The lowest BCUT2D eigenvalue weighted by molar-refractivity contribution is -0.136. The molecule has 0 radical (unpaired) electrons. The van der Waals surface area contributed by atoms with Crippen LogP contribution >= 0.6 is 0 Å². The zero-order valence-electron chi connectivity index (χ0n) is 19.8. The van der Waals surface area contributed by atoms with Gasteiger partial charge in [-0.1, -0.05) is 48.5 Å². The molecule has 4 aromatic rings. The fraction of sp³-hybridized carbons (Fsp3) is 0.103. The van der Waals surface area contributed by atoms with Crippen LogP contribution in [0.3, 0.4) is 0 Å². The Bertz CT molecular complexity index is 1490. The first kappa shape index (κ1) is 23.0. The van der Waals surface area contributed by atoms with Crippen molar-refractivity contribution in [1.29, 1.82) is 0 Å². The lowest BCUT2D eigenvalue weighted by Crippen LogP contribution is -2.18. The molecular formula is C29H23N3O4. The smallest absolute Gasteiger partial charge is 0.335 e. The van der Waals surface area contributed by atoms with Crippen molar-refractivity contribution >= 4 is 23.5 Å². The first-order valence-corrected chi connectivity index (χ1v) is 11.4. The van der Waals surface area contributed by atoms with Crippen LogP contribution in [0.15, 0.2) is 95.5 Å². The Morgan fingerprint density at radius 3 is 2.17 bits per heavy atom. The number of carbonyl (C=O) groups excluding carboxylic acids is 2. The van der Waals surface area contributed by atoms with E-state index >= 15 is 0 Å². The molecule has 0 bridgehead atoms. The van der Waals surface area contributed by atoms with Gasteiger partial charge in [0, 0.05) is 11.1 Å². The second kappa shape index (κ2) is 9.84. The van der Waals surface area contributed by atoms with Gasteiger partial charge in [0.05, 0.1) is 49.0 Å². The van der Waals surface area contributed by atoms with E-state index in [1.54, 1.807) is 42.1 Å². The standard InChI is InChI=1S/C29H23N3O4/c1-35-23-15-13-19(14-16-23)27-25-24(31-32(27)22-11-7-4-8-12-22)17-21(29(34)36-2)18-30-26(25)28(33)20-9-5-3-6-10-20/h3-17H,18H2,1-2H3. The van der Waals surface area contributed by atoms with Crippen LogP contribution in [0.5, 0.6) is 5.75 Å². The Kier molecular flexibility index (Phi) is 6.28. The normalized spacial score (nSPS) is 12.6. The molecule has 178 valence electrons. The fourth-order valence-corrected chi connectivity index (χ4v) is 4.16.